The molecule has 10 heteroatoms. The normalized spacial score (nSPS) is 14.6. The van der Waals surface area contributed by atoms with E-state index >= 15 is 0 Å². The first kappa shape index (κ1) is 18.6. The average molecular weight is 375 g/mol. The number of nitrogens with zero attached hydrogens (tertiary/aromatic N) is 5. The molecule has 27 heavy (non-hydrogen) atoms. The Balaban J connectivity index is 1.73. The van der Waals surface area contributed by atoms with Crippen LogP contribution in [0.2, 0.25) is 0 Å². The predicted molar refractivity (Wildman–Crippen MR) is 95.5 cm³/mol. The molecule has 0 unspecified atom stereocenters. The van der Waals surface area contributed by atoms with Crippen LogP contribution in [-0.2, 0) is 4.74 Å². The number of carbonyl (C=O) groups excluding carboxylic acids is 1. The van der Waals surface area contributed by atoms with Crippen molar-refractivity contribution in [3.05, 3.63) is 34.6 Å². The van der Waals surface area contributed by atoms with Crippen molar-refractivity contribution < 1.29 is 19.2 Å². The highest BCUT2D eigenvalue weighted by Crippen LogP contribution is 2.36. The Hall–Kier alpha value is -3.17. The van der Waals surface area contributed by atoms with Crippen LogP contribution in [0, 0.1) is 10.1 Å². The van der Waals surface area contributed by atoms with Crippen LogP contribution < -0.4 is 4.74 Å². The van der Waals surface area contributed by atoms with E-state index in [1.54, 1.807) is 28.0 Å². The van der Waals surface area contributed by atoms with E-state index in [9.17, 15) is 14.9 Å². The number of likely N-dealkylation sites (tertiary alicyclic amines) is 1. The molecule has 0 bridgehead atoms. The van der Waals surface area contributed by atoms with E-state index in [4.69, 9.17) is 9.47 Å². The van der Waals surface area contributed by atoms with Gasteiger partial charge in [0, 0.05) is 19.2 Å². The fourth-order valence-electron chi connectivity index (χ4n) is 2.73. The van der Waals surface area contributed by atoms with Crippen molar-refractivity contribution in [1.82, 2.24) is 19.7 Å². The van der Waals surface area contributed by atoms with Gasteiger partial charge in [0.2, 0.25) is 5.75 Å². The first-order chi connectivity index (χ1) is 12.7. The van der Waals surface area contributed by atoms with Crippen LogP contribution in [0.15, 0.2) is 24.5 Å². The molecule has 1 aromatic heterocycles. The molecule has 1 aromatic carbocycles. The molecule has 1 saturated heterocycles. The number of carbonyl (C=O) groups is 1. The average Bonchev–Trinajstić information content (AvgIpc) is 3.00. The Morgan fingerprint density at radius 1 is 1.33 bits per heavy atom. The molecule has 0 radical (unpaired) electrons. The quantitative estimate of drug-likeness (QED) is 0.596. The number of amides is 1. The van der Waals surface area contributed by atoms with Gasteiger partial charge in [0.15, 0.2) is 5.82 Å². The molecule has 0 N–H and O–H groups in total. The van der Waals surface area contributed by atoms with Crippen molar-refractivity contribution in [1.29, 1.82) is 0 Å². The van der Waals surface area contributed by atoms with Gasteiger partial charge in [-0.2, -0.15) is 5.10 Å². The third kappa shape index (κ3) is 3.83. The molecule has 2 heterocycles. The molecule has 1 aliphatic heterocycles. The Labute approximate surface area is 155 Å². The number of methoxy groups -OCH3 is 1. The summed E-state index contributed by atoms with van der Waals surface area (Å²) in [7, 11) is 1.37. The number of ether oxygens (including phenoxy) is 2. The number of hydrogen-bond donors (Lipinski definition) is 0. The number of aromatic nitrogens is 3. The molecule has 0 spiro atoms. The minimum absolute atomic E-state index is 0.0246. The maximum atomic E-state index is 12.0. The van der Waals surface area contributed by atoms with Gasteiger partial charge in [-0.05, 0) is 26.8 Å². The van der Waals surface area contributed by atoms with Gasteiger partial charge in [0.25, 0.3) is 0 Å². The van der Waals surface area contributed by atoms with Gasteiger partial charge < -0.3 is 14.4 Å². The second-order valence-electron chi connectivity index (χ2n) is 7.20. The minimum atomic E-state index is -0.541. The molecule has 3 rings (SSSR count). The third-order valence-corrected chi connectivity index (χ3v) is 4.03. The molecule has 0 saturated carbocycles. The van der Waals surface area contributed by atoms with Gasteiger partial charge in [-0.1, -0.05) is 6.07 Å². The van der Waals surface area contributed by atoms with E-state index in [-0.39, 0.29) is 23.6 Å². The van der Waals surface area contributed by atoms with E-state index in [1.807, 2.05) is 20.8 Å². The SMILES string of the molecule is COc1c(-c2ncn(C3CN(C(=O)OC(C)(C)C)C3)n2)cccc1[N+](=O)[O-]. The topological polar surface area (TPSA) is 113 Å². The summed E-state index contributed by atoms with van der Waals surface area (Å²) in [6.45, 7) is 6.38. The number of benzene rings is 1. The lowest BCUT2D eigenvalue weighted by Crippen LogP contribution is -2.52. The van der Waals surface area contributed by atoms with Gasteiger partial charge in [-0.25, -0.2) is 14.5 Å². The van der Waals surface area contributed by atoms with Crippen LogP contribution in [0.5, 0.6) is 5.75 Å². The molecule has 1 aliphatic rings. The summed E-state index contributed by atoms with van der Waals surface area (Å²) in [5.74, 6) is 0.440. The maximum Gasteiger partial charge on any atom is 0.410 e. The lowest BCUT2D eigenvalue weighted by atomic mass is 10.1. The number of para-hydroxylation sites is 1. The Morgan fingerprint density at radius 3 is 2.63 bits per heavy atom. The molecule has 0 aliphatic carbocycles. The van der Waals surface area contributed by atoms with E-state index in [1.165, 1.54) is 13.2 Å². The van der Waals surface area contributed by atoms with E-state index in [0.717, 1.165) is 0 Å². The molecule has 144 valence electrons. The van der Waals surface area contributed by atoms with Gasteiger partial charge in [-0.3, -0.25) is 10.1 Å². The van der Waals surface area contributed by atoms with E-state index in [2.05, 4.69) is 10.1 Å². The number of nitro groups is 1. The van der Waals surface area contributed by atoms with Crippen LogP contribution >= 0.6 is 0 Å². The van der Waals surface area contributed by atoms with Crippen molar-refractivity contribution in [2.75, 3.05) is 20.2 Å². The van der Waals surface area contributed by atoms with Crippen LogP contribution in [-0.4, -0.2) is 56.5 Å². The van der Waals surface area contributed by atoms with Crippen LogP contribution in [0.4, 0.5) is 10.5 Å². The zero-order valence-corrected chi connectivity index (χ0v) is 15.6. The maximum absolute atomic E-state index is 12.0. The molecule has 1 fully saturated rings. The summed E-state index contributed by atoms with van der Waals surface area (Å²) in [4.78, 5) is 28.5. The van der Waals surface area contributed by atoms with Gasteiger partial charge in [-0.15, -0.1) is 0 Å². The van der Waals surface area contributed by atoms with Crippen molar-refractivity contribution in [2.45, 2.75) is 32.4 Å². The zero-order chi connectivity index (χ0) is 19.8. The summed E-state index contributed by atoms with van der Waals surface area (Å²) in [5, 5.41) is 15.6. The zero-order valence-electron chi connectivity index (χ0n) is 15.6. The first-order valence-electron chi connectivity index (χ1n) is 8.40. The molecule has 1 amide bonds. The monoisotopic (exact) mass is 375 g/mol. The fourth-order valence-corrected chi connectivity index (χ4v) is 2.73. The van der Waals surface area contributed by atoms with Crippen molar-refractivity contribution in [3.8, 4) is 17.1 Å². The molecule has 10 nitrogen and oxygen atoms in total. The van der Waals surface area contributed by atoms with Gasteiger partial charge >= 0.3 is 11.8 Å². The molecular formula is C17H21N5O5. The van der Waals surface area contributed by atoms with Crippen molar-refractivity contribution in [2.24, 2.45) is 0 Å². The summed E-state index contributed by atoms with van der Waals surface area (Å²) in [5.41, 5.74) is -0.249. The lowest BCUT2D eigenvalue weighted by molar-refractivity contribution is -0.385. The van der Waals surface area contributed by atoms with Crippen LogP contribution in [0.3, 0.4) is 0 Å². The van der Waals surface area contributed by atoms with Crippen LogP contribution in [0.1, 0.15) is 26.8 Å². The summed E-state index contributed by atoms with van der Waals surface area (Å²) < 4.78 is 12.2. The van der Waals surface area contributed by atoms with Crippen molar-refractivity contribution in [3.63, 3.8) is 0 Å². The Kier molecular flexibility index (Phi) is 4.73. The second kappa shape index (κ2) is 6.86. The largest absolute Gasteiger partial charge is 0.490 e. The first-order valence-corrected chi connectivity index (χ1v) is 8.40. The molecular weight excluding hydrogens is 354 g/mol. The van der Waals surface area contributed by atoms with Crippen LogP contribution in [0.25, 0.3) is 11.4 Å². The minimum Gasteiger partial charge on any atom is -0.490 e. The van der Waals surface area contributed by atoms with Gasteiger partial charge in [0.05, 0.1) is 23.6 Å². The summed E-state index contributed by atoms with van der Waals surface area (Å²) in [6, 6.07) is 4.57. The van der Waals surface area contributed by atoms with Crippen molar-refractivity contribution >= 4 is 11.8 Å². The molecule has 2 aromatic rings. The Bertz CT molecular complexity index is 867. The fraction of sp³-hybridized carbons (Fsp3) is 0.471. The highest BCUT2D eigenvalue weighted by atomic mass is 16.6. The number of hydrogen-bond acceptors (Lipinski definition) is 7. The van der Waals surface area contributed by atoms with Gasteiger partial charge in [0.1, 0.15) is 11.9 Å². The van der Waals surface area contributed by atoms with E-state index < -0.39 is 10.5 Å². The molecule has 0 atom stereocenters. The second-order valence-corrected chi connectivity index (χ2v) is 7.20. The summed E-state index contributed by atoms with van der Waals surface area (Å²) in [6.07, 6.45) is 1.18. The standard InChI is InChI=1S/C17H21N5O5/c1-17(2,3)27-16(23)20-8-11(9-20)21-10-18-15(19-21)12-6-5-7-13(22(24)25)14(12)26-4/h5-7,10-11H,8-9H2,1-4H3. The van der Waals surface area contributed by atoms with E-state index in [0.29, 0.717) is 24.5 Å². The number of rotatable bonds is 4. The predicted octanol–water partition coefficient (Wildman–Crippen LogP) is 2.65. The lowest BCUT2D eigenvalue weighted by Gasteiger charge is -2.39. The highest BCUT2D eigenvalue weighted by Gasteiger charge is 2.35. The summed E-state index contributed by atoms with van der Waals surface area (Å²) >= 11 is 0. The third-order valence-electron chi connectivity index (χ3n) is 4.03. The Morgan fingerprint density at radius 2 is 2.04 bits per heavy atom. The highest BCUT2D eigenvalue weighted by molar-refractivity contribution is 5.71. The number of nitro benzene ring substituents is 1. The smallest absolute Gasteiger partial charge is 0.410 e.